The highest BCUT2D eigenvalue weighted by Crippen LogP contribution is 2.61. The minimum Gasteiger partial charge on any atom is -0.447 e. The molecule has 4 atom stereocenters. The molecule has 0 aliphatic carbocycles. The molecule has 6 aromatic rings. The summed E-state index contributed by atoms with van der Waals surface area (Å²) < 4.78 is 104. The molecule has 0 saturated carbocycles. The smallest absolute Gasteiger partial charge is 0.407 e. The summed E-state index contributed by atoms with van der Waals surface area (Å²) in [6.07, 6.45) is 5.37. The molecule has 436 valence electrons. The SMILES string of the molecule is C.CC(C)(C)OC(=O)NCCOP(C)(=O)C(C(=O)C/C=C/c1ccc(F)c(F)c1)c1csc2ccc(Cl)cc12.CC(C)OC(=O)NCCO.CCCOP(C)(=O)C(C(=O)C/C=C/c1ccc(F)c(F)c1)c1csc2ccc(Cl)cc12. The van der Waals surface area contributed by atoms with Gasteiger partial charge in [0.1, 0.15) is 16.9 Å². The monoisotopic (exact) mass is 1230 g/mol. The fourth-order valence-corrected chi connectivity index (χ4v) is 13.9. The van der Waals surface area contributed by atoms with Gasteiger partial charge >= 0.3 is 12.2 Å². The largest absolute Gasteiger partial charge is 0.447 e. The Balaban J connectivity index is 0.000000360. The molecule has 4 aromatic carbocycles. The van der Waals surface area contributed by atoms with Crippen LogP contribution in [0.1, 0.15) is 102 Å². The molecule has 0 radical (unpaired) electrons. The molecule has 0 bridgehead atoms. The molecule has 0 aliphatic rings. The zero-order valence-corrected chi connectivity index (χ0v) is 49.7. The minimum atomic E-state index is -3.62. The molecule has 0 spiro atoms. The number of fused-ring (bicyclic) bond motifs is 2. The third-order valence-corrected chi connectivity index (χ3v) is 17.6. The summed E-state index contributed by atoms with van der Waals surface area (Å²) in [7, 11) is -6.96. The average molecular weight is 1230 g/mol. The molecule has 0 aliphatic heterocycles. The molecule has 0 saturated heterocycles. The number of ketones is 2. The van der Waals surface area contributed by atoms with Gasteiger partial charge in [0.25, 0.3) is 0 Å². The highest BCUT2D eigenvalue weighted by Gasteiger charge is 2.39. The number of hydrogen-bond acceptors (Lipinski definition) is 13. The lowest BCUT2D eigenvalue weighted by atomic mass is 10.0. The number of alkyl carbamates (subject to hydrolysis) is 2. The summed E-state index contributed by atoms with van der Waals surface area (Å²) in [6, 6.07) is 17.6. The molecule has 80 heavy (non-hydrogen) atoms. The zero-order valence-electron chi connectivity index (χ0n) is 44.8. The summed E-state index contributed by atoms with van der Waals surface area (Å²) in [5, 5.41) is 19.2. The van der Waals surface area contributed by atoms with Crippen LogP contribution in [0.25, 0.3) is 32.3 Å². The summed E-state index contributed by atoms with van der Waals surface area (Å²) in [6.45, 7) is 13.9. The van der Waals surface area contributed by atoms with E-state index >= 15 is 0 Å². The van der Waals surface area contributed by atoms with Crippen molar-refractivity contribution in [3.8, 4) is 0 Å². The fourth-order valence-electron chi connectivity index (χ4n) is 7.45. The van der Waals surface area contributed by atoms with Gasteiger partial charge in [-0.2, -0.15) is 0 Å². The molecular formula is C57H68Cl2F4N2O11P2S2. The molecule has 2 aromatic heterocycles. The van der Waals surface area contributed by atoms with Gasteiger partial charge in [-0.05, 0) is 145 Å². The zero-order chi connectivity index (χ0) is 58.7. The first kappa shape index (κ1) is 69.1. The molecule has 2 amide bonds. The van der Waals surface area contributed by atoms with Crippen molar-refractivity contribution in [1.82, 2.24) is 10.6 Å². The Hall–Kier alpha value is -5.20. The van der Waals surface area contributed by atoms with E-state index in [4.69, 9.17) is 46.8 Å². The third-order valence-electron chi connectivity index (χ3n) is 10.8. The molecule has 13 nitrogen and oxygen atoms in total. The van der Waals surface area contributed by atoms with E-state index in [2.05, 4.69) is 10.6 Å². The summed E-state index contributed by atoms with van der Waals surface area (Å²) in [5.74, 6) is -4.51. The first-order valence-electron chi connectivity index (χ1n) is 24.7. The Labute approximate surface area is 482 Å². The maximum absolute atomic E-state index is 13.8. The Bertz CT molecular complexity index is 3220. The molecular weight excluding hydrogens is 1160 g/mol. The van der Waals surface area contributed by atoms with Crippen molar-refractivity contribution in [1.29, 1.82) is 0 Å². The lowest BCUT2D eigenvalue weighted by Crippen LogP contribution is -2.34. The Kier molecular flexibility index (Phi) is 28.0. The predicted molar refractivity (Wildman–Crippen MR) is 316 cm³/mol. The number of thiophene rings is 2. The number of carbonyl (C=O) groups excluding carboxylic acids is 4. The standard InChI is InChI=1S/C27H29ClF2NO5PS.C23H22ClF2O3PS.C6H13NO3.CH4/c1-27(2,3)36-26(33)31-12-13-35-37(4,34)25(20-16-38-24-11-9-18(28)15-19(20)24)23(32)7-5-6-17-8-10-21(29)22(30)14-17;1-3-11-29-30(2,28)23(18-14-31-22-10-8-16(24)13-17(18)22)21(27)6-4-5-15-7-9-19(25)20(26)12-15;1-5(2)10-6(9)7-3-4-8;/h5-6,8-11,14-16,25H,7,12-13H2,1-4H3,(H,31,33);4-5,7-10,12-14,23H,3,6,11H2,1-2H3;5,8H,3-4H2,1-2H3,(H,7,9);1H4/b6-5+;5-4+;;. The number of allylic oxidation sites excluding steroid dienone is 2. The second-order valence-corrected chi connectivity index (χ2v) is 26.9. The molecule has 23 heteroatoms. The predicted octanol–water partition coefficient (Wildman–Crippen LogP) is 16.6. The van der Waals surface area contributed by atoms with Crippen LogP contribution in [0.3, 0.4) is 0 Å². The van der Waals surface area contributed by atoms with Gasteiger partial charge in [0.05, 0.1) is 25.9 Å². The second kappa shape index (κ2) is 32.4. The number of amides is 2. The summed E-state index contributed by atoms with van der Waals surface area (Å²) >= 11 is 15.2. The molecule has 4 unspecified atom stereocenters. The summed E-state index contributed by atoms with van der Waals surface area (Å²) in [5.41, 5.74) is -0.744. The number of hydrogen-bond donors (Lipinski definition) is 3. The topological polar surface area (TPSA) is 184 Å². The quantitative estimate of drug-likeness (QED) is 0.0334. The van der Waals surface area contributed by atoms with Crippen LogP contribution in [-0.4, -0.2) is 86.8 Å². The van der Waals surface area contributed by atoms with Crippen molar-refractivity contribution < 1.29 is 69.5 Å². The molecule has 0 fully saturated rings. The van der Waals surface area contributed by atoms with Crippen molar-refractivity contribution in [2.75, 3.05) is 46.2 Å². The van der Waals surface area contributed by atoms with Gasteiger partial charge in [0.2, 0.25) is 14.7 Å². The van der Waals surface area contributed by atoms with E-state index in [0.29, 0.717) is 44.1 Å². The van der Waals surface area contributed by atoms with E-state index in [0.717, 1.165) is 39.1 Å². The second-order valence-electron chi connectivity index (χ2n) is 19.0. The number of benzene rings is 4. The van der Waals surface area contributed by atoms with E-state index in [1.54, 1.807) is 70.3 Å². The van der Waals surface area contributed by atoms with Crippen LogP contribution in [0.5, 0.6) is 0 Å². The summed E-state index contributed by atoms with van der Waals surface area (Å²) in [4.78, 5) is 49.2. The normalized spacial score (nSPS) is 13.8. The molecule has 2 heterocycles. The van der Waals surface area contributed by atoms with Crippen LogP contribution in [0.15, 0.2) is 95.7 Å². The Morgan fingerprint density at radius 2 is 1.10 bits per heavy atom. The van der Waals surface area contributed by atoms with Gasteiger partial charge in [-0.1, -0.05) is 74.0 Å². The Morgan fingerprint density at radius 3 is 1.50 bits per heavy atom. The van der Waals surface area contributed by atoms with Gasteiger partial charge in [-0.25, -0.2) is 27.2 Å². The first-order valence-corrected chi connectivity index (χ1v) is 31.5. The number of rotatable bonds is 22. The van der Waals surface area contributed by atoms with Gasteiger partial charge in [-0.15, -0.1) is 22.7 Å². The fraction of sp³-hybridized carbons (Fsp3) is 0.368. The van der Waals surface area contributed by atoms with E-state index in [9.17, 15) is 45.9 Å². The van der Waals surface area contributed by atoms with Crippen LogP contribution in [0.2, 0.25) is 10.0 Å². The van der Waals surface area contributed by atoms with Crippen molar-refractivity contribution >= 4 is 117 Å². The number of aliphatic hydroxyl groups excluding tert-OH is 1. The van der Waals surface area contributed by atoms with E-state index < -0.39 is 67.1 Å². The lowest BCUT2D eigenvalue weighted by molar-refractivity contribution is -0.119. The van der Waals surface area contributed by atoms with Crippen molar-refractivity contribution in [2.24, 2.45) is 0 Å². The van der Waals surface area contributed by atoms with Crippen LogP contribution in [0, 0.1) is 23.3 Å². The van der Waals surface area contributed by atoms with Crippen molar-refractivity contribution in [2.45, 2.75) is 91.3 Å². The number of halogens is 6. The minimum absolute atomic E-state index is 0. The average Bonchev–Trinajstić information content (AvgIpc) is 3.96. The maximum atomic E-state index is 13.8. The Morgan fingerprint density at radius 1 is 0.662 bits per heavy atom. The van der Waals surface area contributed by atoms with Gasteiger partial charge in [0.15, 0.2) is 34.8 Å². The highest BCUT2D eigenvalue weighted by atomic mass is 35.5. The lowest BCUT2D eigenvalue weighted by Gasteiger charge is -2.24. The van der Waals surface area contributed by atoms with Crippen molar-refractivity contribution in [3.63, 3.8) is 0 Å². The van der Waals surface area contributed by atoms with Crippen LogP contribution in [0.4, 0.5) is 27.2 Å². The third kappa shape index (κ3) is 21.9. The van der Waals surface area contributed by atoms with E-state index in [-0.39, 0.29) is 70.8 Å². The highest BCUT2D eigenvalue weighted by molar-refractivity contribution is 7.60. The van der Waals surface area contributed by atoms with Crippen LogP contribution < -0.4 is 10.6 Å². The molecule has 3 N–H and O–H groups in total. The first-order chi connectivity index (χ1) is 37.2. The van der Waals surface area contributed by atoms with Crippen LogP contribution in [-0.2, 0) is 37.2 Å². The van der Waals surface area contributed by atoms with Crippen molar-refractivity contribution in [3.05, 3.63) is 151 Å². The maximum Gasteiger partial charge on any atom is 0.407 e. The molecule has 6 rings (SSSR count). The van der Waals surface area contributed by atoms with Crippen LogP contribution >= 0.6 is 60.6 Å². The number of carbonyl (C=O) groups is 4. The van der Waals surface area contributed by atoms with Gasteiger partial charge in [0, 0.05) is 58.7 Å². The number of ether oxygens (including phenoxy) is 2. The van der Waals surface area contributed by atoms with E-state index in [1.807, 2.05) is 24.4 Å². The van der Waals surface area contributed by atoms with Gasteiger partial charge in [-0.3, -0.25) is 18.7 Å². The van der Waals surface area contributed by atoms with Gasteiger partial charge < -0.3 is 34.3 Å². The number of aliphatic hydroxyl groups is 1. The number of Topliss-reactive ketones (excluding diaryl/α,β-unsaturated/α-hetero) is 2. The van der Waals surface area contributed by atoms with E-state index in [1.165, 1.54) is 66.4 Å². The number of nitrogens with one attached hydrogen (secondary N) is 2.